The minimum atomic E-state index is -4.55. The third-order valence-electron chi connectivity index (χ3n) is 6.49. The van der Waals surface area contributed by atoms with Crippen LogP contribution in [-0.2, 0) is 10.9 Å². The summed E-state index contributed by atoms with van der Waals surface area (Å²) in [5, 5.41) is 4.41. The standard InChI is InChI=1S/C20H21F3N8O/c1-12-4-15(28-18(26-12)20(21,22)23)30-10-19(11-30)2-3-29(9-19)16-6-24-14-5-25-31(17(14)27-16)13-7-32-8-13/h4-6,13H,2-3,7-11H2,1H3. The smallest absolute Gasteiger partial charge is 0.377 e. The zero-order chi connectivity index (χ0) is 22.1. The minimum Gasteiger partial charge on any atom is -0.377 e. The number of ether oxygens (including phenoxy) is 1. The van der Waals surface area contributed by atoms with Crippen LogP contribution in [0.1, 0.15) is 24.0 Å². The highest BCUT2D eigenvalue weighted by Crippen LogP contribution is 2.43. The van der Waals surface area contributed by atoms with Crippen LogP contribution in [0.2, 0.25) is 0 Å². The minimum absolute atomic E-state index is 0.00987. The van der Waals surface area contributed by atoms with Gasteiger partial charge in [0.15, 0.2) is 5.65 Å². The summed E-state index contributed by atoms with van der Waals surface area (Å²) in [4.78, 5) is 20.7. The van der Waals surface area contributed by atoms with Crippen molar-refractivity contribution in [3.05, 3.63) is 30.0 Å². The van der Waals surface area contributed by atoms with Crippen LogP contribution in [0.25, 0.3) is 11.2 Å². The van der Waals surface area contributed by atoms with E-state index >= 15 is 0 Å². The Morgan fingerprint density at radius 3 is 2.53 bits per heavy atom. The van der Waals surface area contributed by atoms with Gasteiger partial charge in [-0.1, -0.05) is 0 Å². The molecule has 0 aliphatic carbocycles. The number of fused-ring (bicyclic) bond motifs is 1. The second-order valence-electron chi connectivity index (χ2n) is 8.93. The fourth-order valence-electron chi connectivity index (χ4n) is 4.75. The molecule has 0 N–H and O–H groups in total. The third-order valence-corrected chi connectivity index (χ3v) is 6.49. The van der Waals surface area contributed by atoms with Crippen LogP contribution in [-0.4, -0.2) is 69.1 Å². The normalized spacial score (nSPS) is 20.8. The first-order valence-corrected chi connectivity index (χ1v) is 10.5. The zero-order valence-corrected chi connectivity index (χ0v) is 17.4. The largest absolute Gasteiger partial charge is 0.451 e. The van der Waals surface area contributed by atoms with Crippen LogP contribution in [0.4, 0.5) is 24.8 Å². The molecule has 0 aromatic carbocycles. The Bertz CT molecular complexity index is 1190. The summed E-state index contributed by atoms with van der Waals surface area (Å²) in [7, 11) is 0. The summed E-state index contributed by atoms with van der Waals surface area (Å²) in [6.07, 6.45) is -0.124. The SMILES string of the molecule is Cc1cc(N2CC3(CCN(c4cnc5cnn(C6COC6)c5n4)C3)C2)nc(C(F)(F)F)n1. The lowest BCUT2D eigenvalue weighted by Crippen LogP contribution is -2.58. The van der Waals surface area contributed by atoms with Crippen LogP contribution < -0.4 is 9.80 Å². The highest BCUT2D eigenvalue weighted by atomic mass is 19.4. The molecule has 12 heteroatoms. The van der Waals surface area contributed by atoms with Crippen molar-refractivity contribution in [3.63, 3.8) is 0 Å². The number of alkyl halides is 3. The molecule has 0 amide bonds. The molecule has 1 spiro atoms. The number of hydrogen-bond acceptors (Lipinski definition) is 8. The third kappa shape index (κ3) is 3.15. The van der Waals surface area contributed by atoms with E-state index < -0.39 is 12.0 Å². The van der Waals surface area contributed by atoms with Crippen molar-refractivity contribution in [2.75, 3.05) is 49.2 Å². The lowest BCUT2D eigenvalue weighted by Gasteiger charge is -2.48. The topological polar surface area (TPSA) is 85.1 Å². The van der Waals surface area contributed by atoms with Gasteiger partial charge in [0, 0.05) is 43.4 Å². The predicted molar refractivity (Wildman–Crippen MR) is 108 cm³/mol. The maximum Gasteiger partial charge on any atom is 0.451 e. The Morgan fingerprint density at radius 1 is 1.03 bits per heavy atom. The van der Waals surface area contributed by atoms with Crippen LogP contribution in [0.5, 0.6) is 0 Å². The Morgan fingerprint density at radius 2 is 1.81 bits per heavy atom. The first-order valence-electron chi connectivity index (χ1n) is 10.5. The molecule has 6 heterocycles. The number of anilines is 2. The Kier molecular flexibility index (Phi) is 4.14. The molecule has 0 unspecified atom stereocenters. The van der Waals surface area contributed by atoms with Gasteiger partial charge in [0.05, 0.1) is 25.6 Å². The first-order chi connectivity index (χ1) is 15.3. The Labute approximate surface area is 181 Å². The monoisotopic (exact) mass is 446 g/mol. The maximum atomic E-state index is 13.1. The highest BCUT2D eigenvalue weighted by molar-refractivity contribution is 5.71. The summed E-state index contributed by atoms with van der Waals surface area (Å²) >= 11 is 0. The van der Waals surface area contributed by atoms with Crippen molar-refractivity contribution >= 4 is 22.8 Å². The molecule has 3 aliphatic heterocycles. The number of hydrogen-bond donors (Lipinski definition) is 0. The summed E-state index contributed by atoms with van der Waals surface area (Å²) < 4.78 is 46.4. The van der Waals surface area contributed by atoms with E-state index in [1.165, 1.54) is 0 Å². The molecule has 9 nitrogen and oxygen atoms in total. The lowest BCUT2D eigenvalue weighted by molar-refractivity contribution is -0.145. The van der Waals surface area contributed by atoms with Gasteiger partial charge in [-0.25, -0.2) is 24.6 Å². The highest BCUT2D eigenvalue weighted by Gasteiger charge is 2.49. The molecule has 3 fully saturated rings. The predicted octanol–water partition coefficient (Wildman–Crippen LogP) is 2.23. The summed E-state index contributed by atoms with van der Waals surface area (Å²) in [6, 6.07) is 1.81. The molecule has 0 bridgehead atoms. The van der Waals surface area contributed by atoms with E-state index in [1.807, 2.05) is 9.58 Å². The second kappa shape index (κ2) is 6.74. The van der Waals surface area contributed by atoms with Gasteiger partial charge in [0.25, 0.3) is 0 Å². The molecule has 6 rings (SSSR count). The van der Waals surface area contributed by atoms with Crippen LogP contribution in [0.15, 0.2) is 18.5 Å². The van der Waals surface area contributed by atoms with Gasteiger partial charge in [-0.05, 0) is 13.3 Å². The Hall–Kier alpha value is -3.02. The van der Waals surface area contributed by atoms with Gasteiger partial charge < -0.3 is 14.5 Å². The molecular formula is C20H21F3N8O. The van der Waals surface area contributed by atoms with Crippen molar-refractivity contribution in [1.29, 1.82) is 0 Å². The fourth-order valence-corrected chi connectivity index (χ4v) is 4.75. The van der Waals surface area contributed by atoms with Gasteiger partial charge >= 0.3 is 6.18 Å². The number of nitrogens with zero attached hydrogens (tertiary/aromatic N) is 8. The van der Waals surface area contributed by atoms with Crippen LogP contribution in [0, 0.1) is 12.3 Å². The van der Waals surface area contributed by atoms with Gasteiger partial charge in [-0.3, -0.25) is 0 Å². The van der Waals surface area contributed by atoms with E-state index in [1.54, 1.807) is 25.4 Å². The van der Waals surface area contributed by atoms with Gasteiger partial charge in [-0.2, -0.15) is 18.3 Å². The molecule has 3 saturated heterocycles. The number of aryl methyl sites for hydroxylation is 1. The molecule has 168 valence electrons. The van der Waals surface area contributed by atoms with Crippen LogP contribution >= 0.6 is 0 Å². The molecular weight excluding hydrogens is 425 g/mol. The Balaban J connectivity index is 1.18. The van der Waals surface area contributed by atoms with Crippen molar-refractivity contribution < 1.29 is 17.9 Å². The number of halogens is 3. The van der Waals surface area contributed by atoms with E-state index in [0.717, 1.165) is 36.5 Å². The fraction of sp³-hybridized carbons (Fsp3) is 0.550. The van der Waals surface area contributed by atoms with Crippen molar-refractivity contribution in [2.45, 2.75) is 25.6 Å². The summed E-state index contributed by atoms with van der Waals surface area (Å²) in [5.74, 6) is 0.0485. The first kappa shape index (κ1) is 19.6. The van der Waals surface area contributed by atoms with Crippen LogP contribution in [0.3, 0.4) is 0 Å². The zero-order valence-electron chi connectivity index (χ0n) is 17.4. The van der Waals surface area contributed by atoms with E-state index in [0.29, 0.717) is 37.8 Å². The second-order valence-corrected chi connectivity index (χ2v) is 8.93. The van der Waals surface area contributed by atoms with Crippen molar-refractivity contribution in [2.24, 2.45) is 5.41 Å². The average molecular weight is 446 g/mol. The van der Waals surface area contributed by atoms with Gasteiger partial charge in [-0.15, -0.1) is 0 Å². The van der Waals surface area contributed by atoms with Gasteiger partial charge in [0.1, 0.15) is 23.2 Å². The molecule has 32 heavy (non-hydrogen) atoms. The quantitative estimate of drug-likeness (QED) is 0.606. The summed E-state index contributed by atoms with van der Waals surface area (Å²) in [6.45, 7) is 5.73. The summed E-state index contributed by atoms with van der Waals surface area (Å²) in [5.41, 5.74) is 1.83. The molecule has 0 saturated carbocycles. The molecule has 3 aliphatic rings. The lowest BCUT2D eigenvalue weighted by atomic mass is 9.79. The maximum absolute atomic E-state index is 13.1. The van der Waals surface area contributed by atoms with E-state index in [4.69, 9.17) is 9.72 Å². The van der Waals surface area contributed by atoms with E-state index in [2.05, 4.69) is 25.0 Å². The van der Waals surface area contributed by atoms with E-state index in [-0.39, 0.29) is 11.5 Å². The van der Waals surface area contributed by atoms with Gasteiger partial charge in [0.2, 0.25) is 5.82 Å². The molecule has 0 radical (unpaired) electrons. The molecule has 0 atom stereocenters. The average Bonchev–Trinajstić information content (AvgIpc) is 3.29. The number of aromatic nitrogens is 6. The molecule has 3 aromatic heterocycles. The van der Waals surface area contributed by atoms with E-state index in [9.17, 15) is 13.2 Å². The number of rotatable bonds is 3. The molecule has 3 aromatic rings. The van der Waals surface area contributed by atoms with Crippen molar-refractivity contribution in [3.8, 4) is 0 Å². The van der Waals surface area contributed by atoms with Crippen molar-refractivity contribution in [1.82, 2.24) is 29.7 Å².